The third-order valence-electron chi connectivity index (χ3n) is 4.31. The molecule has 3 N–H and O–H groups in total. The molecule has 0 aliphatic carbocycles. The Balaban J connectivity index is 1.91. The van der Waals surface area contributed by atoms with Crippen LogP contribution in [0, 0.1) is 0 Å². The second-order valence-electron chi connectivity index (χ2n) is 6.22. The van der Waals surface area contributed by atoms with E-state index in [4.69, 9.17) is 19.9 Å². The van der Waals surface area contributed by atoms with E-state index in [1.54, 1.807) is 18.2 Å². The summed E-state index contributed by atoms with van der Waals surface area (Å²) >= 11 is 0. The quantitative estimate of drug-likeness (QED) is 0.607. The molecule has 0 saturated heterocycles. The van der Waals surface area contributed by atoms with Crippen LogP contribution < -0.4 is 25.3 Å². The van der Waals surface area contributed by atoms with Crippen molar-refractivity contribution in [2.75, 3.05) is 32.7 Å². The molecule has 1 aromatic carbocycles. The summed E-state index contributed by atoms with van der Waals surface area (Å²) < 4.78 is 18.1. The molecule has 2 aromatic heterocycles. The number of hydrogen-bond donors (Lipinski definition) is 2. The summed E-state index contributed by atoms with van der Waals surface area (Å²) in [5.74, 6) is 0.905. The number of benzene rings is 1. The Hall–Kier alpha value is -3.52. The van der Waals surface area contributed by atoms with Crippen molar-refractivity contribution in [2.45, 2.75) is 0 Å². The van der Waals surface area contributed by atoms with Gasteiger partial charge in [0.05, 0.1) is 19.9 Å². The first-order valence-corrected chi connectivity index (χ1v) is 9.06. The third-order valence-corrected chi connectivity index (χ3v) is 4.31. The van der Waals surface area contributed by atoms with E-state index in [1.165, 1.54) is 14.2 Å². The second-order valence-corrected chi connectivity index (χ2v) is 6.22. The number of anilines is 1. The fraction of sp³-hybridized carbons (Fsp3) is 0.238. The summed E-state index contributed by atoms with van der Waals surface area (Å²) in [6, 6.07) is 12.6. The lowest BCUT2D eigenvalue weighted by Gasteiger charge is -2.15. The van der Waals surface area contributed by atoms with Crippen molar-refractivity contribution in [1.82, 2.24) is 9.55 Å². The number of nitrogens with zero attached hydrogens (tertiary/aromatic N) is 2. The Kier molecular flexibility index (Phi) is 6.36. The second kappa shape index (κ2) is 9.11. The average molecular weight is 396 g/mol. The first-order valence-electron chi connectivity index (χ1n) is 9.06. The molecule has 152 valence electrons. The van der Waals surface area contributed by atoms with Crippen LogP contribution in [0.15, 0.2) is 48.7 Å². The fourth-order valence-electron chi connectivity index (χ4n) is 2.91. The highest BCUT2D eigenvalue weighted by Gasteiger charge is 2.17. The van der Waals surface area contributed by atoms with Gasteiger partial charge < -0.3 is 29.8 Å². The molecular weight excluding hydrogens is 372 g/mol. The minimum atomic E-state index is -0.342. The standard InChI is InChI=1S/C21H24N4O4/c1-25-11-4-5-17(25)16-13-14(6-8-18(16)29-12-10-22)23-20(26)15-7-9-19(27-2)24-21(15)28-3/h4-9,11,13H,10,12,22H2,1-3H3,(H,23,26). The molecule has 2 heterocycles. The summed E-state index contributed by atoms with van der Waals surface area (Å²) in [6.07, 6.45) is 1.95. The number of pyridine rings is 1. The van der Waals surface area contributed by atoms with Crippen LogP contribution in [0.4, 0.5) is 5.69 Å². The SMILES string of the molecule is COc1ccc(C(=O)Nc2ccc(OCCN)c(-c3cccn3C)c2)c(OC)n1. The highest BCUT2D eigenvalue weighted by atomic mass is 16.5. The van der Waals surface area contributed by atoms with Crippen molar-refractivity contribution in [1.29, 1.82) is 0 Å². The molecule has 0 atom stereocenters. The van der Waals surface area contributed by atoms with Crippen LogP contribution in [-0.2, 0) is 7.05 Å². The molecule has 3 rings (SSSR count). The number of rotatable bonds is 8. The smallest absolute Gasteiger partial charge is 0.261 e. The molecule has 0 aliphatic rings. The maximum atomic E-state index is 12.8. The largest absolute Gasteiger partial charge is 0.492 e. The van der Waals surface area contributed by atoms with Gasteiger partial charge in [-0.2, -0.15) is 4.98 Å². The fourth-order valence-corrected chi connectivity index (χ4v) is 2.91. The van der Waals surface area contributed by atoms with E-state index in [0.717, 1.165) is 11.3 Å². The first-order chi connectivity index (χ1) is 14.1. The van der Waals surface area contributed by atoms with E-state index in [9.17, 15) is 4.79 Å². The highest BCUT2D eigenvalue weighted by molar-refractivity contribution is 6.06. The number of carbonyl (C=O) groups is 1. The molecular formula is C21H24N4O4. The zero-order valence-electron chi connectivity index (χ0n) is 16.6. The zero-order chi connectivity index (χ0) is 20.8. The number of aromatic nitrogens is 2. The Bertz CT molecular complexity index is 1000. The van der Waals surface area contributed by atoms with Crippen molar-refractivity contribution < 1.29 is 19.0 Å². The van der Waals surface area contributed by atoms with Gasteiger partial charge in [0.2, 0.25) is 11.8 Å². The van der Waals surface area contributed by atoms with Gasteiger partial charge in [0.15, 0.2) is 0 Å². The van der Waals surface area contributed by atoms with Crippen LogP contribution in [0.25, 0.3) is 11.3 Å². The maximum absolute atomic E-state index is 12.8. The molecule has 0 bridgehead atoms. The molecule has 8 heteroatoms. The lowest BCUT2D eigenvalue weighted by molar-refractivity contribution is 0.102. The van der Waals surface area contributed by atoms with Crippen LogP contribution in [0.3, 0.4) is 0 Å². The maximum Gasteiger partial charge on any atom is 0.261 e. The molecule has 29 heavy (non-hydrogen) atoms. The Morgan fingerprint density at radius 2 is 2.00 bits per heavy atom. The Morgan fingerprint density at radius 1 is 1.17 bits per heavy atom. The predicted molar refractivity (Wildman–Crippen MR) is 111 cm³/mol. The number of carbonyl (C=O) groups excluding carboxylic acids is 1. The number of amides is 1. The molecule has 0 fully saturated rings. The van der Waals surface area contributed by atoms with Gasteiger partial charge in [-0.25, -0.2) is 0 Å². The number of aryl methyl sites for hydroxylation is 1. The zero-order valence-corrected chi connectivity index (χ0v) is 16.6. The van der Waals surface area contributed by atoms with Gasteiger partial charge in [-0.05, 0) is 36.4 Å². The van der Waals surface area contributed by atoms with Gasteiger partial charge in [-0.3, -0.25) is 4.79 Å². The number of ether oxygens (including phenoxy) is 3. The predicted octanol–water partition coefficient (Wildman–Crippen LogP) is 2.69. The van der Waals surface area contributed by atoms with E-state index in [-0.39, 0.29) is 11.8 Å². The number of nitrogens with one attached hydrogen (secondary N) is 1. The van der Waals surface area contributed by atoms with Crippen molar-refractivity contribution in [3.05, 3.63) is 54.2 Å². The summed E-state index contributed by atoms with van der Waals surface area (Å²) in [6.45, 7) is 0.813. The van der Waals surface area contributed by atoms with Gasteiger partial charge in [-0.15, -0.1) is 0 Å². The summed E-state index contributed by atoms with van der Waals surface area (Å²) in [4.78, 5) is 16.9. The van der Waals surface area contributed by atoms with Gasteiger partial charge in [-0.1, -0.05) is 0 Å². The van der Waals surface area contributed by atoms with Gasteiger partial charge in [0.25, 0.3) is 5.91 Å². The lowest BCUT2D eigenvalue weighted by atomic mass is 10.1. The molecule has 0 saturated carbocycles. The van der Waals surface area contributed by atoms with Crippen molar-refractivity contribution in [3.63, 3.8) is 0 Å². The van der Waals surface area contributed by atoms with Crippen molar-refractivity contribution in [2.24, 2.45) is 12.8 Å². The summed E-state index contributed by atoms with van der Waals surface area (Å²) in [7, 11) is 4.90. The molecule has 3 aromatic rings. The van der Waals surface area contributed by atoms with Crippen LogP contribution >= 0.6 is 0 Å². The molecule has 0 unspecified atom stereocenters. The Morgan fingerprint density at radius 3 is 2.66 bits per heavy atom. The van der Waals surface area contributed by atoms with E-state index in [1.807, 2.05) is 42.1 Å². The minimum absolute atomic E-state index is 0.187. The summed E-state index contributed by atoms with van der Waals surface area (Å²) in [5.41, 5.74) is 8.29. The summed E-state index contributed by atoms with van der Waals surface area (Å²) in [5, 5.41) is 2.89. The van der Waals surface area contributed by atoms with Gasteiger partial charge in [0.1, 0.15) is 17.9 Å². The van der Waals surface area contributed by atoms with Crippen LogP contribution in [0.5, 0.6) is 17.5 Å². The van der Waals surface area contributed by atoms with Crippen LogP contribution in [-0.4, -0.2) is 42.8 Å². The normalized spacial score (nSPS) is 10.5. The first kappa shape index (κ1) is 20.2. The van der Waals surface area contributed by atoms with E-state index >= 15 is 0 Å². The lowest BCUT2D eigenvalue weighted by Crippen LogP contribution is -2.14. The highest BCUT2D eigenvalue weighted by Crippen LogP contribution is 2.33. The van der Waals surface area contributed by atoms with Gasteiger partial charge >= 0.3 is 0 Å². The van der Waals surface area contributed by atoms with Crippen LogP contribution in [0.1, 0.15) is 10.4 Å². The molecule has 1 amide bonds. The van der Waals surface area contributed by atoms with E-state index in [0.29, 0.717) is 36.0 Å². The van der Waals surface area contributed by atoms with Crippen molar-refractivity contribution in [3.8, 4) is 28.8 Å². The number of methoxy groups -OCH3 is 2. The van der Waals surface area contributed by atoms with Crippen LogP contribution in [0.2, 0.25) is 0 Å². The number of hydrogen-bond acceptors (Lipinski definition) is 6. The number of nitrogens with two attached hydrogens (primary N) is 1. The van der Waals surface area contributed by atoms with E-state index in [2.05, 4.69) is 10.3 Å². The Labute approximate surface area is 169 Å². The monoisotopic (exact) mass is 396 g/mol. The third kappa shape index (κ3) is 4.49. The molecule has 8 nitrogen and oxygen atoms in total. The van der Waals surface area contributed by atoms with E-state index < -0.39 is 0 Å². The van der Waals surface area contributed by atoms with Crippen molar-refractivity contribution >= 4 is 11.6 Å². The molecule has 0 spiro atoms. The molecule has 0 radical (unpaired) electrons. The van der Waals surface area contributed by atoms with Gasteiger partial charge in [0, 0.05) is 37.1 Å². The topological polar surface area (TPSA) is 101 Å². The minimum Gasteiger partial charge on any atom is -0.492 e. The molecule has 0 aliphatic heterocycles. The average Bonchev–Trinajstić information content (AvgIpc) is 3.17.